The second-order valence-electron chi connectivity index (χ2n) is 9.92. The first-order chi connectivity index (χ1) is 19.2. The zero-order valence-electron chi connectivity index (χ0n) is 21.3. The number of nitrogens with zero attached hydrogens (tertiary/aromatic N) is 4. The van der Waals surface area contributed by atoms with Crippen LogP contribution in [0.3, 0.4) is 0 Å². The number of nitrogens with one attached hydrogen (secondary N) is 2. The van der Waals surface area contributed by atoms with Crippen LogP contribution >= 0.6 is 0 Å². The van der Waals surface area contributed by atoms with Gasteiger partial charge in [-0.3, -0.25) is 20.0 Å². The second kappa shape index (κ2) is 9.96. The fourth-order valence-electron chi connectivity index (χ4n) is 5.41. The number of hydrogen-bond donors (Lipinski definition) is 2. The highest BCUT2D eigenvalue weighted by Crippen LogP contribution is 2.35. The van der Waals surface area contributed by atoms with Crippen LogP contribution in [0.4, 0.5) is 4.39 Å². The number of ether oxygens (including phenoxy) is 1. The second-order valence-corrected chi connectivity index (χ2v) is 9.92. The zero-order chi connectivity index (χ0) is 26.2. The SMILES string of the molecule is Fc1ccccc1-c1cccc2[nH]c(-c3n[nH]c4cnc(-c5cncc(OCCN6CCCC6)c5)cc34)cc12. The molecule has 2 N–H and O–H groups in total. The topological polar surface area (TPSA) is 82.7 Å². The summed E-state index contributed by atoms with van der Waals surface area (Å²) in [5.74, 6) is 0.488. The molecule has 194 valence electrons. The maximum Gasteiger partial charge on any atom is 0.138 e. The minimum absolute atomic E-state index is 0.246. The molecular weight excluding hydrogens is 491 g/mol. The first kappa shape index (κ1) is 23.5. The molecule has 0 bridgehead atoms. The number of benzene rings is 2. The number of hydrogen-bond acceptors (Lipinski definition) is 5. The van der Waals surface area contributed by atoms with Gasteiger partial charge in [0.25, 0.3) is 0 Å². The summed E-state index contributed by atoms with van der Waals surface area (Å²) in [6, 6.07) is 18.7. The lowest BCUT2D eigenvalue weighted by atomic mass is 10.0. The maximum absolute atomic E-state index is 14.6. The summed E-state index contributed by atoms with van der Waals surface area (Å²) in [7, 11) is 0. The Morgan fingerprint density at radius 2 is 1.74 bits per heavy atom. The van der Waals surface area contributed by atoms with Gasteiger partial charge in [-0.25, -0.2) is 4.39 Å². The number of pyridine rings is 2. The molecule has 1 aliphatic heterocycles. The standard InChI is InChI=1S/C31H27FN6O/c32-26-8-2-1-6-23(26)22-7-5-9-27-24(22)15-29(35-27)31-25-16-28(34-19-30(25)36-37-31)20-14-21(18-33-17-20)39-13-12-38-10-3-4-11-38/h1-2,5-9,14-19,35H,3-4,10-13H2,(H,36,37). The van der Waals surface area contributed by atoms with E-state index in [1.807, 2.05) is 42.5 Å². The van der Waals surface area contributed by atoms with Crippen LogP contribution in [-0.2, 0) is 0 Å². The third-order valence-corrected chi connectivity index (χ3v) is 7.41. The molecule has 8 heteroatoms. The van der Waals surface area contributed by atoms with Crippen LogP contribution in [0.1, 0.15) is 12.8 Å². The first-order valence-corrected chi connectivity index (χ1v) is 13.2. The van der Waals surface area contributed by atoms with Crippen LogP contribution in [0.15, 0.2) is 79.3 Å². The Balaban J connectivity index is 1.21. The highest BCUT2D eigenvalue weighted by molar-refractivity contribution is 6.01. The molecule has 1 aliphatic rings. The molecule has 39 heavy (non-hydrogen) atoms. The van der Waals surface area contributed by atoms with Crippen molar-refractivity contribution >= 4 is 21.8 Å². The van der Waals surface area contributed by atoms with E-state index in [1.165, 1.54) is 18.9 Å². The van der Waals surface area contributed by atoms with E-state index in [4.69, 9.17) is 4.74 Å². The predicted octanol–water partition coefficient (Wildman–Crippen LogP) is 6.45. The predicted molar refractivity (Wildman–Crippen MR) is 151 cm³/mol. The lowest BCUT2D eigenvalue weighted by molar-refractivity contribution is 0.237. The Morgan fingerprint density at radius 1 is 0.872 bits per heavy atom. The Kier molecular flexibility index (Phi) is 6.01. The molecule has 0 aliphatic carbocycles. The maximum atomic E-state index is 14.6. The smallest absolute Gasteiger partial charge is 0.138 e. The molecule has 0 unspecified atom stereocenters. The van der Waals surface area contributed by atoms with Crippen molar-refractivity contribution in [2.24, 2.45) is 0 Å². The monoisotopic (exact) mass is 518 g/mol. The van der Waals surface area contributed by atoms with Gasteiger partial charge in [0.05, 0.1) is 29.3 Å². The highest BCUT2D eigenvalue weighted by Gasteiger charge is 2.16. The molecule has 4 aromatic heterocycles. The van der Waals surface area contributed by atoms with E-state index in [9.17, 15) is 4.39 Å². The largest absolute Gasteiger partial charge is 0.491 e. The molecule has 6 aromatic rings. The Labute approximate surface area is 224 Å². The minimum Gasteiger partial charge on any atom is -0.491 e. The van der Waals surface area contributed by atoms with Crippen LogP contribution in [0.2, 0.25) is 0 Å². The van der Waals surface area contributed by atoms with Crippen molar-refractivity contribution in [3.8, 4) is 39.5 Å². The third-order valence-electron chi connectivity index (χ3n) is 7.41. The molecule has 0 atom stereocenters. The average Bonchev–Trinajstić information content (AvgIpc) is 3.73. The van der Waals surface area contributed by atoms with Gasteiger partial charge in [0, 0.05) is 40.2 Å². The lowest BCUT2D eigenvalue weighted by Crippen LogP contribution is -2.25. The molecule has 7 nitrogen and oxygen atoms in total. The Bertz CT molecular complexity index is 1790. The molecular formula is C31H27FN6O. The van der Waals surface area contributed by atoms with E-state index in [0.29, 0.717) is 12.2 Å². The molecule has 0 spiro atoms. The first-order valence-electron chi connectivity index (χ1n) is 13.2. The van der Waals surface area contributed by atoms with Gasteiger partial charge in [0.15, 0.2) is 0 Å². The van der Waals surface area contributed by atoms with E-state index < -0.39 is 0 Å². The fraction of sp³-hybridized carbons (Fsp3) is 0.194. The van der Waals surface area contributed by atoms with Gasteiger partial charge >= 0.3 is 0 Å². The number of likely N-dealkylation sites (tertiary alicyclic amines) is 1. The Hall–Kier alpha value is -4.56. The van der Waals surface area contributed by atoms with E-state index in [1.54, 1.807) is 30.7 Å². The van der Waals surface area contributed by atoms with Crippen LogP contribution < -0.4 is 4.74 Å². The summed E-state index contributed by atoms with van der Waals surface area (Å²) in [4.78, 5) is 14.9. The third kappa shape index (κ3) is 4.53. The van der Waals surface area contributed by atoms with E-state index in [2.05, 4.69) is 30.0 Å². The van der Waals surface area contributed by atoms with Gasteiger partial charge in [0.1, 0.15) is 23.9 Å². The fourth-order valence-corrected chi connectivity index (χ4v) is 5.41. The van der Waals surface area contributed by atoms with Crippen LogP contribution in [0, 0.1) is 5.82 Å². The van der Waals surface area contributed by atoms with Crippen molar-refractivity contribution in [3.63, 3.8) is 0 Å². The number of H-pyrrole nitrogens is 2. The summed E-state index contributed by atoms with van der Waals surface area (Å²) in [6.45, 7) is 3.87. The van der Waals surface area contributed by atoms with Crippen LogP contribution in [-0.4, -0.2) is 56.3 Å². The summed E-state index contributed by atoms with van der Waals surface area (Å²) in [5.41, 5.74) is 6.42. The average molecular weight is 519 g/mol. The molecule has 1 saturated heterocycles. The number of fused-ring (bicyclic) bond motifs is 2. The number of aromatic amines is 2. The van der Waals surface area contributed by atoms with Gasteiger partial charge < -0.3 is 9.72 Å². The molecule has 7 rings (SSSR count). The van der Waals surface area contributed by atoms with Crippen LogP contribution in [0.25, 0.3) is 55.6 Å². The molecule has 0 radical (unpaired) electrons. The van der Waals surface area contributed by atoms with Crippen molar-refractivity contribution in [3.05, 3.63) is 85.1 Å². The summed E-state index contributed by atoms with van der Waals surface area (Å²) < 4.78 is 20.6. The van der Waals surface area contributed by atoms with Gasteiger partial charge in [-0.05, 0) is 61.8 Å². The van der Waals surface area contributed by atoms with Crippen molar-refractivity contribution in [2.45, 2.75) is 12.8 Å². The Morgan fingerprint density at radius 3 is 2.64 bits per heavy atom. The lowest BCUT2D eigenvalue weighted by Gasteiger charge is -2.15. The molecule has 2 aromatic carbocycles. The van der Waals surface area contributed by atoms with Crippen molar-refractivity contribution in [1.29, 1.82) is 0 Å². The quantitative estimate of drug-likeness (QED) is 0.254. The molecule has 0 saturated carbocycles. The zero-order valence-corrected chi connectivity index (χ0v) is 21.3. The van der Waals surface area contributed by atoms with Crippen molar-refractivity contribution in [2.75, 3.05) is 26.2 Å². The number of rotatable bonds is 7. The number of halogens is 1. The molecule has 5 heterocycles. The van der Waals surface area contributed by atoms with E-state index in [0.717, 1.165) is 75.4 Å². The summed E-state index contributed by atoms with van der Waals surface area (Å²) in [5, 5.41) is 9.56. The minimum atomic E-state index is -0.246. The molecule has 0 amide bonds. The highest BCUT2D eigenvalue weighted by atomic mass is 19.1. The van der Waals surface area contributed by atoms with E-state index >= 15 is 0 Å². The van der Waals surface area contributed by atoms with Crippen molar-refractivity contribution < 1.29 is 9.13 Å². The van der Waals surface area contributed by atoms with Crippen molar-refractivity contribution in [1.82, 2.24) is 30.0 Å². The van der Waals surface area contributed by atoms with Gasteiger partial charge in [-0.15, -0.1) is 0 Å². The normalized spacial score (nSPS) is 14.0. The number of aromatic nitrogens is 5. The van der Waals surface area contributed by atoms with Crippen LogP contribution in [0.5, 0.6) is 5.75 Å². The summed E-state index contributed by atoms with van der Waals surface area (Å²) in [6.07, 6.45) is 7.87. The summed E-state index contributed by atoms with van der Waals surface area (Å²) >= 11 is 0. The van der Waals surface area contributed by atoms with Gasteiger partial charge in [0.2, 0.25) is 0 Å². The van der Waals surface area contributed by atoms with Gasteiger partial charge in [-0.1, -0.05) is 30.3 Å². The van der Waals surface area contributed by atoms with Gasteiger partial charge in [-0.2, -0.15) is 5.10 Å². The molecule has 1 fully saturated rings. The van der Waals surface area contributed by atoms with E-state index in [-0.39, 0.29) is 5.82 Å².